The number of aromatic nitrogens is 3. The van der Waals surface area contributed by atoms with Gasteiger partial charge in [-0.2, -0.15) is 0 Å². The molecule has 0 spiro atoms. The second-order valence-corrected chi connectivity index (χ2v) is 8.41. The molecule has 1 aliphatic heterocycles. The second-order valence-electron chi connectivity index (χ2n) is 7.60. The quantitative estimate of drug-likeness (QED) is 0.457. The lowest BCUT2D eigenvalue weighted by atomic mass is 10.1. The van der Waals surface area contributed by atoms with Crippen LogP contribution in [0.15, 0.2) is 42.6 Å². The highest BCUT2D eigenvalue weighted by molar-refractivity contribution is 6.42. The number of aromatic amines is 1. The predicted molar refractivity (Wildman–Crippen MR) is 120 cm³/mol. The van der Waals surface area contributed by atoms with E-state index in [0.717, 1.165) is 59.6 Å². The standard InChI is InChI=1S/C22H20Cl2FN5/c1-13(22-27-19-11-16(23)17(24)12-20(19)28-22)29-6-8-30(9-7-29)21-4-5-26-18-3-2-14(25)10-15(18)21/h2-5,10-13H,6-9H2,1H3,(H,27,28). The maximum absolute atomic E-state index is 13.8. The van der Waals surface area contributed by atoms with E-state index in [9.17, 15) is 4.39 Å². The molecule has 0 amide bonds. The maximum Gasteiger partial charge on any atom is 0.124 e. The highest BCUT2D eigenvalue weighted by Crippen LogP contribution is 2.31. The Bertz CT molecular complexity index is 1190. The largest absolute Gasteiger partial charge is 0.368 e. The topological polar surface area (TPSA) is 48.1 Å². The van der Waals surface area contributed by atoms with E-state index in [4.69, 9.17) is 28.2 Å². The summed E-state index contributed by atoms with van der Waals surface area (Å²) >= 11 is 12.2. The molecule has 5 rings (SSSR count). The third-order valence-electron chi connectivity index (χ3n) is 5.82. The van der Waals surface area contributed by atoms with Crippen molar-refractivity contribution >= 4 is 50.8 Å². The van der Waals surface area contributed by atoms with Crippen molar-refractivity contribution < 1.29 is 4.39 Å². The van der Waals surface area contributed by atoms with Crippen molar-refractivity contribution in [1.82, 2.24) is 19.9 Å². The van der Waals surface area contributed by atoms with Crippen molar-refractivity contribution in [2.75, 3.05) is 31.1 Å². The fourth-order valence-corrected chi connectivity index (χ4v) is 4.45. The van der Waals surface area contributed by atoms with E-state index < -0.39 is 0 Å². The number of nitrogens with one attached hydrogen (secondary N) is 1. The Hall–Kier alpha value is -2.41. The van der Waals surface area contributed by atoms with Gasteiger partial charge in [-0.05, 0) is 43.3 Å². The maximum atomic E-state index is 13.8. The minimum atomic E-state index is -0.242. The average Bonchev–Trinajstić information content (AvgIpc) is 3.16. The van der Waals surface area contributed by atoms with Gasteiger partial charge in [-0.25, -0.2) is 9.37 Å². The van der Waals surface area contributed by atoms with Crippen LogP contribution >= 0.6 is 23.2 Å². The minimum Gasteiger partial charge on any atom is -0.368 e. The van der Waals surface area contributed by atoms with Crippen LogP contribution in [0.4, 0.5) is 10.1 Å². The van der Waals surface area contributed by atoms with E-state index in [-0.39, 0.29) is 11.9 Å². The number of H-pyrrole nitrogens is 1. The van der Waals surface area contributed by atoms with Crippen LogP contribution in [-0.4, -0.2) is 46.0 Å². The van der Waals surface area contributed by atoms with Gasteiger partial charge in [-0.1, -0.05) is 23.2 Å². The summed E-state index contributed by atoms with van der Waals surface area (Å²) in [4.78, 5) is 17.1. The molecule has 1 aliphatic rings. The van der Waals surface area contributed by atoms with Gasteiger partial charge < -0.3 is 9.88 Å². The third kappa shape index (κ3) is 3.49. The number of pyridine rings is 1. The normalized spacial score (nSPS) is 16.5. The first kappa shape index (κ1) is 19.5. The van der Waals surface area contributed by atoms with Gasteiger partial charge in [0, 0.05) is 43.4 Å². The molecule has 2 aromatic heterocycles. The lowest BCUT2D eigenvalue weighted by Crippen LogP contribution is -2.47. The monoisotopic (exact) mass is 443 g/mol. The lowest BCUT2D eigenvalue weighted by molar-refractivity contribution is 0.193. The summed E-state index contributed by atoms with van der Waals surface area (Å²) in [6, 6.07) is 10.4. The van der Waals surface area contributed by atoms with Gasteiger partial charge in [0.15, 0.2) is 0 Å². The molecule has 0 bridgehead atoms. The van der Waals surface area contributed by atoms with E-state index in [1.807, 2.05) is 12.1 Å². The van der Waals surface area contributed by atoms with E-state index in [0.29, 0.717) is 10.0 Å². The summed E-state index contributed by atoms with van der Waals surface area (Å²) in [7, 11) is 0. The number of hydrogen-bond acceptors (Lipinski definition) is 4. The lowest BCUT2D eigenvalue weighted by Gasteiger charge is -2.38. The Morgan fingerprint density at radius 2 is 1.77 bits per heavy atom. The van der Waals surface area contributed by atoms with Gasteiger partial charge in [0.05, 0.1) is 32.6 Å². The zero-order valence-corrected chi connectivity index (χ0v) is 17.9. The Kier molecular flexibility index (Phi) is 5.01. The van der Waals surface area contributed by atoms with Crippen LogP contribution in [0.1, 0.15) is 18.8 Å². The molecule has 0 saturated carbocycles. The fraction of sp³-hybridized carbons (Fsp3) is 0.273. The molecule has 8 heteroatoms. The van der Waals surface area contributed by atoms with Gasteiger partial charge in [0.1, 0.15) is 11.6 Å². The van der Waals surface area contributed by atoms with Crippen LogP contribution in [0.25, 0.3) is 21.9 Å². The van der Waals surface area contributed by atoms with Crippen LogP contribution in [0, 0.1) is 5.82 Å². The van der Waals surface area contributed by atoms with Crippen LogP contribution in [-0.2, 0) is 0 Å². The molecule has 1 N–H and O–H groups in total. The molecule has 1 atom stereocenters. The van der Waals surface area contributed by atoms with Crippen molar-refractivity contribution in [2.45, 2.75) is 13.0 Å². The van der Waals surface area contributed by atoms with Crippen LogP contribution < -0.4 is 4.90 Å². The number of halogens is 3. The average molecular weight is 444 g/mol. The summed E-state index contributed by atoms with van der Waals surface area (Å²) in [6.07, 6.45) is 1.79. The highest BCUT2D eigenvalue weighted by Gasteiger charge is 2.25. The first-order valence-electron chi connectivity index (χ1n) is 9.87. The molecular weight excluding hydrogens is 424 g/mol. The molecule has 1 saturated heterocycles. The summed E-state index contributed by atoms with van der Waals surface area (Å²) in [5.41, 5.74) is 3.54. The summed E-state index contributed by atoms with van der Waals surface area (Å²) in [5, 5.41) is 1.87. The van der Waals surface area contributed by atoms with E-state index >= 15 is 0 Å². The molecule has 0 aliphatic carbocycles. The SMILES string of the molecule is CC(c1nc2cc(Cl)c(Cl)cc2[nH]1)N1CCN(c2ccnc3ccc(F)cc23)CC1. The van der Waals surface area contributed by atoms with Crippen molar-refractivity contribution in [3.8, 4) is 0 Å². The summed E-state index contributed by atoms with van der Waals surface area (Å²) in [6.45, 7) is 5.58. The number of imidazole rings is 1. The number of rotatable bonds is 3. The first-order chi connectivity index (χ1) is 14.5. The molecular formula is C22H20Cl2FN5. The van der Waals surface area contributed by atoms with Crippen molar-refractivity contribution in [1.29, 1.82) is 0 Å². The minimum absolute atomic E-state index is 0.128. The molecule has 1 fully saturated rings. The highest BCUT2D eigenvalue weighted by atomic mass is 35.5. The number of fused-ring (bicyclic) bond motifs is 2. The van der Waals surface area contributed by atoms with Crippen LogP contribution in [0.3, 0.4) is 0 Å². The molecule has 1 unspecified atom stereocenters. The number of nitrogens with zero attached hydrogens (tertiary/aromatic N) is 4. The van der Waals surface area contributed by atoms with Crippen molar-refractivity contribution in [3.05, 3.63) is 64.3 Å². The third-order valence-corrected chi connectivity index (χ3v) is 6.54. The molecule has 30 heavy (non-hydrogen) atoms. The number of benzene rings is 2. The van der Waals surface area contributed by atoms with Crippen molar-refractivity contribution in [3.63, 3.8) is 0 Å². The van der Waals surface area contributed by atoms with Gasteiger partial charge in [0.25, 0.3) is 0 Å². The van der Waals surface area contributed by atoms with Gasteiger partial charge in [0.2, 0.25) is 0 Å². The molecule has 0 radical (unpaired) electrons. The van der Waals surface area contributed by atoms with Gasteiger partial charge in [-0.15, -0.1) is 0 Å². The van der Waals surface area contributed by atoms with E-state index in [2.05, 4.69) is 26.7 Å². The molecule has 5 nitrogen and oxygen atoms in total. The Morgan fingerprint density at radius 1 is 1.00 bits per heavy atom. The summed E-state index contributed by atoms with van der Waals surface area (Å²) < 4.78 is 13.8. The Morgan fingerprint density at radius 3 is 2.57 bits per heavy atom. The zero-order chi connectivity index (χ0) is 20.8. The number of piperazine rings is 1. The van der Waals surface area contributed by atoms with E-state index in [1.54, 1.807) is 24.4 Å². The van der Waals surface area contributed by atoms with E-state index in [1.165, 1.54) is 6.07 Å². The smallest absolute Gasteiger partial charge is 0.124 e. The molecule has 2 aromatic carbocycles. The Labute approximate surface area is 183 Å². The van der Waals surface area contributed by atoms with Crippen LogP contribution in [0.2, 0.25) is 10.0 Å². The van der Waals surface area contributed by atoms with Gasteiger partial charge in [-0.3, -0.25) is 9.88 Å². The van der Waals surface area contributed by atoms with Gasteiger partial charge >= 0.3 is 0 Å². The Balaban J connectivity index is 1.34. The number of anilines is 1. The second kappa shape index (κ2) is 7.69. The summed E-state index contributed by atoms with van der Waals surface area (Å²) in [5.74, 6) is 0.655. The predicted octanol–water partition coefficient (Wildman–Crippen LogP) is 5.44. The number of hydrogen-bond donors (Lipinski definition) is 1. The molecule has 4 aromatic rings. The van der Waals surface area contributed by atoms with Crippen molar-refractivity contribution in [2.24, 2.45) is 0 Å². The molecule has 3 heterocycles. The van der Waals surface area contributed by atoms with Crippen LogP contribution in [0.5, 0.6) is 0 Å². The zero-order valence-electron chi connectivity index (χ0n) is 16.4. The molecule has 154 valence electrons. The fourth-order valence-electron chi connectivity index (χ4n) is 4.13. The first-order valence-corrected chi connectivity index (χ1v) is 10.6.